The lowest BCUT2D eigenvalue weighted by Crippen LogP contribution is -2.19. The molecule has 2 aliphatic rings. The minimum atomic E-state index is 0.506. The molecule has 2 aromatic rings. The zero-order chi connectivity index (χ0) is 19.0. The molecule has 2 heterocycles. The molecule has 0 saturated heterocycles. The Balaban J connectivity index is 1.17. The summed E-state index contributed by atoms with van der Waals surface area (Å²) in [6.45, 7) is 4.53. The molecule has 144 valence electrons. The monoisotopic (exact) mass is 376 g/mol. The third-order valence-electron chi connectivity index (χ3n) is 4.46. The molecule has 0 bridgehead atoms. The van der Waals surface area contributed by atoms with Gasteiger partial charge in [-0.1, -0.05) is 0 Å². The van der Waals surface area contributed by atoms with Gasteiger partial charge in [-0.3, -0.25) is 9.98 Å². The van der Waals surface area contributed by atoms with E-state index in [0.717, 1.165) is 60.5 Å². The van der Waals surface area contributed by atoms with E-state index in [9.17, 15) is 0 Å². The summed E-state index contributed by atoms with van der Waals surface area (Å²) >= 11 is 0. The maximum Gasteiger partial charge on any atom is 0.128 e. The molecule has 6 heteroatoms. The number of nitrogens with one attached hydrogen (secondary N) is 2. The summed E-state index contributed by atoms with van der Waals surface area (Å²) in [5.41, 5.74) is 2.19. The molecule has 0 aliphatic carbocycles. The van der Waals surface area contributed by atoms with Gasteiger partial charge in [0, 0.05) is 24.2 Å². The summed E-state index contributed by atoms with van der Waals surface area (Å²) in [7, 11) is 0. The first-order valence-corrected chi connectivity index (χ1v) is 9.56. The molecule has 0 spiro atoms. The van der Waals surface area contributed by atoms with Gasteiger partial charge >= 0.3 is 0 Å². The first kappa shape index (κ1) is 18.1. The Morgan fingerprint density at radius 2 is 1.11 bits per heavy atom. The Morgan fingerprint density at radius 1 is 0.679 bits per heavy atom. The fraction of sp³-hybridized carbons (Fsp3) is 0.273. The number of ether oxygens (including phenoxy) is 2. The van der Waals surface area contributed by atoms with Crippen molar-refractivity contribution in [3.05, 3.63) is 71.8 Å². The van der Waals surface area contributed by atoms with Crippen LogP contribution in [0.1, 0.15) is 11.1 Å². The van der Waals surface area contributed by atoms with Gasteiger partial charge in [-0.15, -0.1) is 0 Å². The van der Waals surface area contributed by atoms with Crippen LogP contribution in [0.3, 0.4) is 0 Å². The van der Waals surface area contributed by atoms with Crippen molar-refractivity contribution in [2.24, 2.45) is 9.98 Å². The lowest BCUT2D eigenvalue weighted by atomic mass is 10.2. The van der Waals surface area contributed by atoms with Gasteiger partial charge < -0.3 is 20.1 Å². The van der Waals surface area contributed by atoms with Crippen molar-refractivity contribution in [1.29, 1.82) is 0 Å². The summed E-state index contributed by atoms with van der Waals surface area (Å²) in [6, 6.07) is 16.0. The van der Waals surface area contributed by atoms with Gasteiger partial charge in [-0.25, -0.2) is 0 Å². The largest absolute Gasteiger partial charge is 0.490 e. The SMILES string of the molecule is C(=C\COc1ccc(C2=NCCN2)cc1)/COc1ccc(C2=NCCN2)cc1. The van der Waals surface area contributed by atoms with Crippen molar-refractivity contribution >= 4 is 11.7 Å². The lowest BCUT2D eigenvalue weighted by Gasteiger charge is -2.07. The van der Waals surface area contributed by atoms with Crippen LogP contribution in [0.15, 0.2) is 70.7 Å². The lowest BCUT2D eigenvalue weighted by molar-refractivity contribution is 0.350. The Labute approximate surface area is 165 Å². The van der Waals surface area contributed by atoms with Gasteiger partial charge in [0.15, 0.2) is 0 Å². The average molecular weight is 376 g/mol. The first-order valence-electron chi connectivity index (χ1n) is 9.56. The quantitative estimate of drug-likeness (QED) is 0.695. The first-order chi connectivity index (χ1) is 13.9. The fourth-order valence-electron chi connectivity index (χ4n) is 3.03. The van der Waals surface area contributed by atoms with Crippen LogP contribution in [-0.2, 0) is 0 Å². The summed E-state index contributed by atoms with van der Waals surface area (Å²) < 4.78 is 11.5. The van der Waals surface area contributed by atoms with E-state index in [1.54, 1.807) is 0 Å². The molecule has 2 aliphatic heterocycles. The highest BCUT2D eigenvalue weighted by Gasteiger charge is 2.08. The maximum atomic E-state index is 5.73. The number of nitrogens with zero attached hydrogens (tertiary/aromatic N) is 2. The van der Waals surface area contributed by atoms with Gasteiger partial charge in [0.1, 0.15) is 36.4 Å². The van der Waals surface area contributed by atoms with E-state index < -0.39 is 0 Å². The summed E-state index contributed by atoms with van der Waals surface area (Å²) in [5, 5.41) is 6.53. The number of hydrogen-bond donors (Lipinski definition) is 2. The molecular formula is C22H24N4O2. The molecular weight excluding hydrogens is 352 g/mol. The molecule has 28 heavy (non-hydrogen) atoms. The summed E-state index contributed by atoms with van der Waals surface area (Å²) in [5.74, 6) is 3.60. The fourth-order valence-corrected chi connectivity index (χ4v) is 3.03. The average Bonchev–Trinajstić information content (AvgIpc) is 3.46. The zero-order valence-corrected chi connectivity index (χ0v) is 15.7. The predicted octanol–water partition coefficient (Wildman–Crippen LogP) is 2.40. The zero-order valence-electron chi connectivity index (χ0n) is 15.7. The van der Waals surface area contributed by atoms with E-state index in [1.165, 1.54) is 0 Å². The topological polar surface area (TPSA) is 67.2 Å². The van der Waals surface area contributed by atoms with E-state index in [4.69, 9.17) is 9.47 Å². The highest BCUT2D eigenvalue weighted by molar-refractivity contribution is 6.00. The van der Waals surface area contributed by atoms with Crippen molar-refractivity contribution in [2.45, 2.75) is 0 Å². The molecule has 0 radical (unpaired) electrons. The second kappa shape index (κ2) is 9.08. The molecule has 0 amide bonds. The molecule has 2 aromatic carbocycles. The van der Waals surface area contributed by atoms with E-state index in [1.807, 2.05) is 60.7 Å². The van der Waals surface area contributed by atoms with Crippen molar-refractivity contribution < 1.29 is 9.47 Å². The molecule has 0 saturated carbocycles. The highest BCUT2D eigenvalue weighted by atomic mass is 16.5. The van der Waals surface area contributed by atoms with Gasteiger partial charge in [0.2, 0.25) is 0 Å². The van der Waals surface area contributed by atoms with Crippen molar-refractivity contribution in [2.75, 3.05) is 39.4 Å². The Bertz CT molecular complexity index is 797. The van der Waals surface area contributed by atoms with Crippen molar-refractivity contribution in [1.82, 2.24) is 10.6 Å². The van der Waals surface area contributed by atoms with Crippen LogP contribution in [0.2, 0.25) is 0 Å². The van der Waals surface area contributed by atoms with E-state index >= 15 is 0 Å². The van der Waals surface area contributed by atoms with Crippen LogP contribution in [0, 0.1) is 0 Å². The predicted molar refractivity (Wildman–Crippen MR) is 112 cm³/mol. The normalized spacial score (nSPS) is 15.7. The van der Waals surface area contributed by atoms with Crippen LogP contribution in [0.25, 0.3) is 0 Å². The third kappa shape index (κ3) is 4.71. The van der Waals surface area contributed by atoms with Gasteiger partial charge in [-0.05, 0) is 60.7 Å². The Morgan fingerprint density at radius 3 is 1.46 bits per heavy atom. The molecule has 2 N–H and O–H groups in total. The highest BCUT2D eigenvalue weighted by Crippen LogP contribution is 2.14. The van der Waals surface area contributed by atoms with Gasteiger partial charge in [0.25, 0.3) is 0 Å². The van der Waals surface area contributed by atoms with Crippen LogP contribution in [-0.4, -0.2) is 51.1 Å². The van der Waals surface area contributed by atoms with Crippen molar-refractivity contribution in [3.63, 3.8) is 0 Å². The molecule has 6 nitrogen and oxygen atoms in total. The van der Waals surface area contributed by atoms with Gasteiger partial charge in [-0.2, -0.15) is 0 Å². The van der Waals surface area contributed by atoms with Crippen LogP contribution in [0.4, 0.5) is 0 Å². The van der Waals surface area contributed by atoms with Gasteiger partial charge in [0.05, 0.1) is 13.1 Å². The number of amidine groups is 2. The molecule has 0 atom stereocenters. The number of rotatable bonds is 8. The Hall–Kier alpha value is -3.28. The smallest absolute Gasteiger partial charge is 0.128 e. The van der Waals surface area contributed by atoms with Crippen LogP contribution < -0.4 is 20.1 Å². The van der Waals surface area contributed by atoms with E-state index in [0.29, 0.717) is 13.2 Å². The minimum Gasteiger partial charge on any atom is -0.490 e. The number of benzene rings is 2. The number of aliphatic imine (C=N–C) groups is 2. The van der Waals surface area contributed by atoms with Crippen LogP contribution in [0.5, 0.6) is 11.5 Å². The maximum absolute atomic E-state index is 5.73. The van der Waals surface area contributed by atoms with E-state index in [-0.39, 0.29) is 0 Å². The Kier molecular flexibility index (Phi) is 5.87. The minimum absolute atomic E-state index is 0.506. The van der Waals surface area contributed by atoms with Crippen molar-refractivity contribution in [3.8, 4) is 11.5 Å². The van der Waals surface area contributed by atoms with E-state index in [2.05, 4.69) is 20.6 Å². The summed E-state index contributed by atoms with van der Waals surface area (Å²) in [4.78, 5) is 8.82. The number of hydrogen-bond acceptors (Lipinski definition) is 6. The second-order valence-corrected chi connectivity index (χ2v) is 6.46. The molecule has 0 fully saturated rings. The van der Waals surface area contributed by atoms with Crippen LogP contribution >= 0.6 is 0 Å². The standard InChI is InChI=1S/C22H24N4O2/c1(15-27-19-7-3-17(4-8-19)21-23-11-12-24-21)2-16-28-20-9-5-18(6-10-20)22-25-13-14-26-22/h1-10H,11-16H2,(H,23,24)(H,25,26)/b2-1+. The molecule has 4 rings (SSSR count). The molecule has 0 aromatic heterocycles. The summed E-state index contributed by atoms with van der Waals surface area (Å²) in [6.07, 6.45) is 3.92. The molecule has 0 unspecified atom stereocenters. The second-order valence-electron chi connectivity index (χ2n) is 6.46. The third-order valence-corrected chi connectivity index (χ3v) is 4.46.